The highest BCUT2D eigenvalue weighted by Crippen LogP contribution is 2.29. The molecule has 184 valence electrons. The van der Waals surface area contributed by atoms with E-state index in [2.05, 4.69) is 10.6 Å². The fraction of sp³-hybridized carbons (Fsp3) is 0.440. The van der Waals surface area contributed by atoms with Gasteiger partial charge in [-0.15, -0.1) is 0 Å². The zero-order valence-electron chi connectivity index (χ0n) is 19.5. The molecule has 0 spiro atoms. The number of nitrogens with one attached hydrogen (secondary N) is 2. The molecule has 0 bridgehead atoms. The van der Waals surface area contributed by atoms with E-state index in [-0.39, 0.29) is 18.6 Å². The van der Waals surface area contributed by atoms with Crippen LogP contribution in [0.15, 0.2) is 36.4 Å². The van der Waals surface area contributed by atoms with Crippen molar-refractivity contribution in [2.24, 2.45) is 5.92 Å². The Morgan fingerprint density at radius 1 is 1.15 bits per heavy atom. The van der Waals surface area contributed by atoms with E-state index in [4.69, 9.17) is 14.2 Å². The van der Waals surface area contributed by atoms with E-state index < -0.39 is 35.1 Å². The van der Waals surface area contributed by atoms with E-state index in [0.29, 0.717) is 18.1 Å². The number of amides is 2. The van der Waals surface area contributed by atoms with Gasteiger partial charge in [-0.05, 0) is 48.6 Å². The Morgan fingerprint density at radius 2 is 1.88 bits per heavy atom. The number of carbonyl (C=O) groups excluding carboxylic acids is 2. The van der Waals surface area contributed by atoms with Gasteiger partial charge in [-0.3, -0.25) is 9.59 Å². The summed E-state index contributed by atoms with van der Waals surface area (Å²) in [4.78, 5) is 25.2. The molecule has 0 radical (unpaired) electrons. The van der Waals surface area contributed by atoms with Crippen LogP contribution in [-0.2, 0) is 16.1 Å². The second kappa shape index (κ2) is 11.8. The van der Waals surface area contributed by atoms with Crippen molar-refractivity contribution in [2.75, 3.05) is 20.3 Å². The maximum absolute atomic E-state index is 13.9. The Kier molecular flexibility index (Phi) is 8.81. The van der Waals surface area contributed by atoms with Crippen molar-refractivity contribution in [3.05, 3.63) is 59.2 Å². The third kappa shape index (κ3) is 6.44. The second-order valence-corrected chi connectivity index (χ2v) is 8.44. The number of hydrogen-bond donors (Lipinski definition) is 2. The molecular weight excluding hydrogens is 446 g/mol. The predicted octanol–water partition coefficient (Wildman–Crippen LogP) is 3.60. The second-order valence-electron chi connectivity index (χ2n) is 8.44. The minimum atomic E-state index is -0.991. The largest absolute Gasteiger partial charge is 0.493 e. The van der Waals surface area contributed by atoms with Gasteiger partial charge in [0.2, 0.25) is 5.91 Å². The molecule has 1 fully saturated rings. The first-order valence-electron chi connectivity index (χ1n) is 11.2. The summed E-state index contributed by atoms with van der Waals surface area (Å²) in [5.41, 5.74) is 0.0351. The molecular formula is C25H30F2N2O5. The Balaban J connectivity index is 1.61. The average Bonchev–Trinajstić information content (AvgIpc) is 3.33. The van der Waals surface area contributed by atoms with Crippen molar-refractivity contribution in [3.8, 4) is 11.5 Å². The van der Waals surface area contributed by atoms with Crippen molar-refractivity contribution in [1.29, 1.82) is 0 Å². The molecule has 2 atom stereocenters. The summed E-state index contributed by atoms with van der Waals surface area (Å²) in [5.74, 6) is -2.66. The third-order valence-electron chi connectivity index (χ3n) is 5.57. The lowest BCUT2D eigenvalue weighted by Gasteiger charge is -2.22. The summed E-state index contributed by atoms with van der Waals surface area (Å²) in [5, 5.41) is 5.19. The molecule has 1 aliphatic rings. The maximum Gasteiger partial charge on any atom is 0.257 e. The Hall–Kier alpha value is -3.20. The van der Waals surface area contributed by atoms with Crippen LogP contribution >= 0.6 is 0 Å². The highest BCUT2D eigenvalue weighted by Gasteiger charge is 2.27. The van der Waals surface area contributed by atoms with Crippen LogP contribution < -0.4 is 20.1 Å². The lowest BCUT2D eigenvalue weighted by atomic mass is 10.0. The summed E-state index contributed by atoms with van der Waals surface area (Å²) < 4.78 is 44.7. The van der Waals surface area contributed by atoms with Crippen molar-refractivity contribution in [3.63, 3.8) is 0 Å². The molecule has 9 heteroatoms. The zero-order chi connectivity index (χ0) is 24.7. The van der Waals surface area contributed by atoms with Gasteiger partial charge in [0.1, 0.15) is 29.8 Å². The Bertz CT molecular complexity index is 989. The normalized spacial score (nSPS) is 16.2. The summed E-state index contributed by atoms with van der Waals surface area (Å²) in [7, 11) is 1.53. The SMILES string of the molecule is COc1cc(CNC(=O)[C@@H](NC(=O)c2c(F)cccc2F)C(C)C)ccc1OCC1CCCO1. The minimum absolute atomic E-state index is 0.0738. The zero-order valence-corrected chi connectivity index (χ0v) is 19.5. The van der Waals surface area contributed by atoms with Crippen LogP contribution in [0.3, 0.4) is 0 Å². The fourth-order valence-corrected chi connectivity index (χ4v) is 3.66. The molecule has 2 amide bonds. The number of ether oxygens (including phenoxy) is 3. The molecule has 2 aromatic carbocycles. The first-order chi connectivity index (χ1) is 16.3. The average molecular weight is 477 g/mol. The molecule has 1 saturated heterocycles. The molecule has 2 N–H and O–H groups in total. The molecule has 3 rings (SSSR count). The Morgan fingerprint density at radius 3 is 2.50 bits per heavy atom. The van der Waals surface area contributed by atoms with Crippen molar-refractivity contribution in [2.45, 2.75) is 45.4 Å². The number of methoxy groups -OCH3 is 1. The molecule has 0 saturated carbocycles. The van der Waals surface area contributed by atoms with Gasteiger partial charge < -0.3 is 24.8 Å². The molecule has 2 aromatic rings. The summed E-state index contributed by atoms with van der Waals surface area (Å²) in [6, 6.07) is 7.48. The lowest BCUT2D eigenvalue weighted by Crippen LogP contribution is -2.49. The molecule has 1 unspecified atom stereocenters. The van der Waals surface area contributed by atoms with Crippen LogP contribution in [0.2, 0.25) is 0 Å². The monoisotopic (exact) mass is 476 g/mol. The molecule has 1 heterocycles. The third-order valence-corrected chi connectivity index (χ3v) is 5.57. The van der Waals surface area contributed by atoms with Gasteiger partial charge in [0, 0.05) is 13.2 Å². The number of benzene rings is 2. The van der Waals surface area contributed by atoms with Crippen LogP contribution in [0.25, 0.3) is 0 Å². The van der Waals surface area contributed by atoms with Gasteiger partial charge in [-0.25, -0.2) is 8.78 Å². The first kappa shape index (κ1) is 25.4. The molecule has 0 aromatic heterocycles. The van der Waals surface area contributed by atoms with Crippen molar-refractivity contribution in [1.82, 2.24) is 10.6 Å². The summed E-state index contributed by atoms with van der Waals surface area (Å²) in [6.07, 6.45) is 2.06. The van der Waals surface area contributed by atoms with Gasteiger partial charge >= 0.3 is 0 Å². The standard InChI is InChI=1S/C25H30F2N2O5/c1-15(2)23(29-24(30)22-18(26)7-4-8-19(22)27)25(31)28-13-16-9-10-20(21(12-16)32-3)34-14-17-6-5-11-33-17/h4,7-10,12,15,17,23H,5-6,11,13-14H2,1-3H3,(H,28,31)(H,29,30)/t17?,23-/m0/s1. The number of carbonyl (C=O) groups is 2. The van der Waals surface area contributed by atoms with E-state index in [1.54, 1.807) is 32.0 Å². The van der Waals surface area contributed by atoms with Crippen LogP contribution in [-0.4, -0.2) is 44.3 Å². The number of halogens is 2. The molecule has 7 nitrogen and oxygen atoms in total. The quantitative estimate of drug-likeness (QED) is 0.547. The lowest BCUT2D eigenvalue weighted by molar-refractivity contribution is -0.124. The Labute approximate surface area is 197 Å². The van der Waals surface area contributed by atoms with E-state index in [1.165, 1.54) is 13.2 Å². The van der Waals surface area contributed by atoms with Gasteiger partial charge in [0.05, 0.1) is 13.2 Å². The van der Waals surface area contributed by atoms with Gasteiger partial charge in [0.15, 0.2) is 11.5 Å². The summed E-state index contributed by atoms with van der Waals surface area (Å²) >= 11 is 0. The van der Waals surface area contributed by atoms with Crippen LogP contribution in [0.4, 0.5) is 8.78 Å². The van der Waals surface area contributed by atoms with E-state index in [0.717, 1.165) is 37.1 Å². The smallest absolute Gasteiger partial charge is 0.257 e. The predicted molar refractivity (Wildman–Crippen MR) is 122 cm³/mol. The van der Waals surface area contributed by atoms with Gasteiger partial charge in [-0.2, -0.15) is 0 Å². The first-order valence-corrected chi connectivity index (χ1v) is 11.2. The van der Waals surface area contributed by atoms with E-state index >= 15 is 0 Å². The fourth-order valence-electron chi connectivity index (χ4n) is 3.66. The van der Waals surface area contributed by atoms with Gasteiger partial charge in [0.25, 0.3) is 5.91 Å². The summed E-state index contributed by atoms with van der Waals surface area (Å²) in [6.45, 7) is 4.80. The number of hydrogen-bond acceptors (Lipinski definition) is 5. The maximum atomic E-state index is 13.9. The highest BCUT2D eigenvalue weighted by atomic mass is 19.1. The van der Waals surface area contributed by atoms with Crippen molar-refractivity contribution < 1.29 is 32.6 Å². The topological polar surface area (TPSA) is 85.9 Å². The van der Waals surface area contributed by atoms with Crippen LogP contribution in [0.5, 0.6) is 11.5 Å². The number of rotatable bonds is 10. The van der Waals surface area contributed by atoms with Gasteiger partial charge in [-0.1, -0.05) is 26.0 Å². The molecule has 1 aliphatic heterocycles. The van der Waals surface area contributed by atoms with E-state index in [9.17, 15) is 18.4 Å². The molecule has 34 heavy (non-hydrogen) atoms. The van der Waals surface area contributed by atoms with Crippen LogP contribution in [0.1, 0.15) is 42.6 Å². The molecule has 0 aliphatic carbocycles. The minimum Gasteiger partial charge on any atom is -0.493 e. The van der Waals surface area contributed by atoms with E-state index in [1.807, 2.05) is 0 Å². The van der Waals surface area contributed by atoms with Crippen molar-refractivity contribution >= 4 is 11.8 Å². The highest BCUT2D eigenvalue weighted by molar-refractivity contribution is 5.98. The van der Waals surface area contributed by atoms with Crippen LogP contribution in [0, 0.1) is 17.6 Å².